The van der Waals surface area contributed by atoms with Gasteiger partial charge in [-0.05, 0) is 23.8 Å². The first-order valence-electron chi connectivity index (χ1n) is 9.81. The monoisotopic (exact) mass is 448 g/mol. The van der Waals surface area contributed by atoms with E-state index in [-0.39, 0.29) is 18.4 Å². The van der Waals surface area contributed by atoms with Crippen molar-refractivity contribution < 1.29 is 14.3 Å². The number of morpholine rings is 1. The molecule has 30 heavy (non-hydrogen) atoms. The molecule has 0 unspecified atom stereocenters. The lowest BCUT2D eigenvalue weighted by Gasteiger charge is -2.35. The molecule has 0 spiro atoms. The van der Waals surface area contributed by atoms with Crippen molar-refractivity contribution in [3.63, 3.8) is 0 Å². The predicted molar refractivity (Wildman–Crippen MR) is 115 cm³/mol. The van der Waals surface area contributed by atoms with E-state index in [2.05, 4.69) is 4.98 Å². The van der Waals surface area contributed by atoms with E-state index >= 15 is 0 Å². The van der Waals surface area contributed by atoms with Gasteiger partial charge in [-0.25, -0.2) is 4.98 Å². The van der Waals surface area contributed by atoms with E-state index in [0.29, 0.717) is 67.4 Å². The van der Waals surface area contributed by atoms with Gasteiger partial charge in [0.2, 0.25) is 5.91 Å². The largest absolute Gasteiger partial charge is 0.378 e. The molecule has 7 nitrogen and oxygen atoms in total. The van der Waals surface area contributed by atoms with Crippen molar-refractivity contribution in [2.75, 3.05) is 50.8 Å². The van der Waals surface area contributed by atoms with Crippen molar-refractivity contribution in [3.05, 3.63) is 57.7 Å². The molecule has 2 amide bonds. The summed E-state index contributed by atoms with van der Waals surface area (Å²) in [5, 5.41) is 1.04. The molecule has 4 rings (SSSR count). The molecular weight excluding hydrogens is 427 g/mol. The van der Waals surface area contributed by atoms with Crippen LogP contribution in [0, 0.1) is 0 Å². The van der Waals surface area contributed by atoms with Crippen molar-refractivity contribution >= 4 is 40.8 Å². The maximum absolute atomic E-state index is 12.7. The van der Waals surface area contributed by atoms with E-state index in [0.717, 1.165) is 5.56 Å². The van der Waals surface area contributed by atoms with Crippen LogP contribution in [0.4, 0.5) is 5.82 Å². The molecule has 1 aromatic heterocycles. The molecule has 9 heteroatoms. The van der Waals surface area contributed by atoms with Crippen LogP contribution in [0.2, 0.25) is 10.0 Å². The number of carbonyl (C=O) groups excluding carboxylic acids is 2. The molecule has 2 aromatic rings. The van der Waals surface area contributed by atoms with Crippen LogP contribution in [-0.4, -0.2) is 72.5 Å². The van der Waals surface area contributed by atoms with Crippen molar-refractivity contribution in [3.8, 4) is 0 Å². The standard InChI is InChI=1S/C21H22Cl2N4O3/c22-17-3-1-15(2-4-17)13-26-5-6-27(14-19(26)28)20-18(23)11-16(12-24-20)21(29)25-7-9-30-10-8-25/h1-4,11-12H,5-10,13-14H2. The van der Waals surface area contributed by atoms with Gasteiger partial charge in [-0.1, -0.05) is 35.3 Å². The number of rotatable bonds is 4. The highest BCUT2D eigenvalue weighted by atomic mass is 35.5. The number of nitrogens with zero attached hydrogens (tertiary/aromatic N) is 4. The Hall–Kier alpha value is -2.35. The molecule has 0 atom stereocenters. The summed E-state index contributed by atoms with van der Waals surface area (Å²) >= 11 is 12.4. The van der Waals surface area contributed by atoms with Gasteiger partial charge in [0.05, 0.1) is 30.3 Å². The lowest BCUT2D eigenvalue weighted by atomic mass is 10.2. The average molecular weight is 449 g/mol. The number of anilines is 1. The second kappa shape index (κ2) is 9.20. The first-order valence-corrected chi connectivity index (χ1v) is 10.6. The second-order valence-corrected chi connectivity index (χ2v) is 8.14. The molecule has 158 valence electrons. The zero-order chi connectivity index (χ0) is 21.1. The van der Waals surface area contributed by atoms with Gasteiger partial charge < -0.3 is 19.4 Å². The van der Waals surface area contributed by atoms with Crippen molar-refractivity contribution in [2.45, 2.75) is 6.54 Å². The zero-order valence-electron chi connectivity index (χ0n) is 16.4. The lowest BCUT2D eigenvalue weighted by Crippen LogP contribution is -2.50. The predicted octanol–water partition coefficient (Wildman–Crippen LogP) is 2.71. The molecule has 0 bridgehead atoms. The van der Waals surface area contributed by atoms with E-state index in [1.54, 1.807) is 11.0 Å². The first-order chi connectivity index (χ1) is 14.5. The van der Waals surface area contributed by atoms with Gasteiger partial charge >= 0.3 is 0 Å². The lowest BCUT2D eigenvalue weighted by molar-refractivity contribution is -0.131. The summed E-state index contributed by atoms with van der Waals surface area (Å²) in [5.74, 6) is 0.417. The number of ether oxygens (including phenoxy) is 1. The number of pyridine rings is 1. The fourth-order valence-corrected chi connectivity index (χ4v) is 4.01. The van der Waals surface area contributed by atoms with Gasteiger partial charge in [0, 0.05) is 43.9 Å². The van der Waals surface area contributed by atoms with Gasteiger partial charge in [0.25, 0.3) is 5.91 Å². The van der Waals surface area contributed by atoms with Crippen LogP contribution < -0.4 is 4.90 Å². The highest BCUT2D eigenvalue weighted by molar-refractivity contribution is 6.33. The Bertz CT molecular complexity index is 932. The second-order valence-electron chi connectivity index (χ2n) is 7.30. The highest BCUT2D eigenvalue weighted by Gasteiger charge is 2.27. The molecular formula is C21H22Cl2N4O3. The number of benzene rings is 1. The summed E-state index contributed by atoms with van der Waals surface area (Å²) in [6, 6.07) is 9.11. The van der Waals surface area contributed by atoms with Crippen LogP contribution in [0.25, 0.3) is 0 Å². The quantitative estimate of drug-likeness (QED) is 0.719. The van der Waals surface area contributed by atoms with E-state index in [4.69, 9.17) is 27.9 Å². The van der Waals surface area contributed by atoms with Crippen LogP contribution in [0.3, 0.4) is 0 Å². The van der Waals surface area contributed by atoms with Crippen LogP contribution in [-0.2, 0) is 16.1 Å². The van der Waals surface area contributed by atoms with Crippen molar-refractivity contribution in [1.82, 2.24) is 14.8 Å². The summed E-state index contributed by atoms with van der Waals surface area (Å²) in [7, 11) is 0. The summed E-state index contributed by atoms with van der Waals surface area (Å²) < 4.78 is 5.29. The van der Waals surface area contributed by atoms with E-state index in [9.17, 15) is 9.59 Å². The fourth-order valence-electron chi connectivity index (χ4n) is 3.60. The summed E-state index contributed by atoms with van der Waals surface area (Å²) in [5.41, 5.74) is 1.47. The summed E-state index contributed by atoms with van der Waals surface area (Å²) in [6.45, 7) is 4.09. The molecule has 0 N–H and O–H groups in total. The first kappa shape index (κ1) is 20.9. The fraction of sp³-hybridized carbons (Fsp3) is 0.381. The Balaban J connectivity index is 1.40. The summed E-state index contributed by atoms with van der Waals surface area (Å²) in [6.07, 6.45) is 1.53. The van der Waals surface area contributed by atoms with Gasteiger partial charge in [-0.15, -0.1) is 0 Å². The molecule has 2 fully saturated rings. The molecule has 2 aliphatic heterocycles. The number of hydrogen-bond donors (Lipinski definition) is 0. The Morgan fingerprint density at radius 1 is 1.07 bits per heavy atom. The third kappa shape index (κ3) is 4.69. The van der Waals surface area contributed by atoms with E-state index in [1.807, 2.05) is 34.1 Å². The van der Waals surface area contributed by atoms with Gasteiger partial charge in [0.15, 0.2) is 0 Å². The average Bonchev–Trinajstić information content (AvgIpc) is 2.77. The van der Waals surface area contributed by atoms with Crippen LogP contribution in [0.5, 0.6) is 0 Å². The smallest absolute Gasteiger partial charge is 0.255 e. The van der Waals surface area contributed by atoms with Crippen molar-refractivity contribution in [1.29, 1.82) is 0 Å². The van der Waals surface area contributed by atoms with Crippen LogP contribution in [0.15, 0.2) is 36.5 Å². The SMILES string of the molecule is O=C1CN(c2ncc(C(=O)N3CCOCC3)cc2Cl)CCN1Cc1ccc(Cl)cc1. The third-order valence-corrected chi connectivity index (χ3v) is 5.80. The number of carbonyl (C=O) groups is 2. The van der Waals surface area contributed by atoms with Crippen molar-refractivity contribution in [2.24, 2.45) is 0 Å². The molecule has 3 heterocycles. The maximum atomic E-state index is 12.7. The highest BCUT2D eigenvalue weighted by Crippen LogP contribution is 2.26. The van der Waals surface area contributed by atoms with Gasteiger partial charge in [-0.3, -0.25) is 9.59 Å². The normalized spacial score (nSPS) is 17.4. The number of hydrogen-bond acceptors (Lipinski definition) is 5. The molecule has 0 radical (unpaired) electrons. The van der Waals surface area contributed by atoms with Gasteiger partial charge in [0.1, 0.15) is 5.82 Å². The zero-order valence-corrected chi connectivity index (χ0v) is 17.9. The van der Waals surface area contributed by atoms with E-state index < -0.39 is 0 Å². The van der Waals surface area contributed by atoms with E-state index in [1.165, 1.54) is 6.20 Å². The third-order valence-electron chi connectivity index (χ3n) is 5.27. The Morgan fingerprint density at radius 2 is 1.80 bits per heavy atom. The topological polar surface area (TPSA) is 66.0 Å². The molecule has 0 aliphatic carbocycles. The van der Waals surface area contributed by atoms with Gasteiger partial charge in [-0.2, -0.15) is 0 Å². The Morgan fingerprint density at radius 3 is 2.47 bits per heavy atom. The molecule has 1 aromatic carbocycles. The Kier molecular flexibility index (Phi) is 6.41. The minimum Gasteiger partial charge on any atom is -0.378 e. The Labute approximate surface area is 185 Å². The molecule has 0 saturated carbocycles. The molecule has 2 aliphatic rings. The molecule has 2 saturated heterocycles. The number of halogens is 2. The minimum absolute atomic E-state index is 0.00235. The number of aromatic nitrogens is 1. The summed E-state index contributed by atoms with van der Waals surface area (Å²) in [4.78, 5) is 35.1. The van der Waals surface area contributed by atoms with Crippen LogP contribution in [0.1, 0.15) is 15.9 Å². The number of amides is 2. The van der Waals surface area contributed by atoms with Crippen LogP contribution >= 0.6 is 23.2 Å². The minimum atomic E-state index is -0.108. The maximum Gasteiger partial charge on any atom is 0.255 e. The number of piperazine rings is 1.